The Balaban J connectivity index is 2.40. The summed E-state index contributed by atoms with van der Waals surface area (Å²) in [5.74, 6) is 0. The van der Waals surface area contributed by atoms with Gasteiger partial charge < -0.3 is 5.73 Å². The SMILES string of the molecule is N#C[C@H](N)CCc1ccccc1. The average Bonchev–Trinajstić information content (AvgIpc) is 2.16. The van der Waals surface area contributed by atoms with Gasteiger partial charge in [-0.15, -0.1) is 0 Å². The minimum atomic E-state index is -0.329. The van der Waals surface area contributed by atoms with Gasteiger partial charge in [-0.05, 0) is 18.4 Å². The Kier molecular flexibility index (Phi) is 3.31. The second kappa shape index (κ2) is 4.53. The van der Waals surface area contributed by atoms with Crippen LogP contribution in [0, 0.1) is 11.3 Å². The van der Waals surface area contributed by atoms with Crippen molar-refractivity contribution in [3.8, 4) is 6.07 Å². The number of nitriles is 1. The molecule has 0 unspecified atom stereocenters. The highest BCUT2D eigenvalue weighted by Crippen LogP contribution is 2.03. The maximum Gasteiger partial charge on any atom is 0.0931 e. The molecule has 2 N–H and O–H groups in total. The van der Waals surface area contributed by atoms with Gasteiger partial charge in [0.15, 0.2) is 0 Å². The summed E-state index contributed by atoms with van der Waals surface area (Å²) in [6.07, 6.45) is 1.62. The van der Waals surface area contributed by atoms with Crippen molar-refractivity contribution in [2.75, 3.05) is 0 Å². The minimum Gasteiger partial charge on any atom is -0.316 e. The second-order valence-electron chi connectivity index (χ2n) is 2.76. The quantitative estimate of drug-likeness (QED) is 0.727. The van der Waals surface area contributed by atoms with Gasteiger partial charge in [0.05, 0.1) is 12.1 Å². The third-order valence-electron chi connectivity index (χ3n) is 1.75. The third-order valence-corrected chi connectivity index (χ3v) is 1.75. The fourth-order valence-corrected chi connectivity index (χ4v) is 1.03. The average molecular weight is 160 g/mol. The van der Waals surface area contributed by atoms with E-state index in [0.29, 0.717) is 0 Å². The Morgan fingerprint density at radius 1 is 1.33 bits per heavy atom. The standard InChI is InChI=1S/C10H12N2/c11-8-10(12)7-6-9-4-2-1-3-5-9/h1-5,10H,6-7,12H2/t10-/m1/s1. The molecule has 2 nitrogen and oxygen atoms in total. The van der Waals surface area contributed by atoms with E-state index in [0.717, 1.165) is 12.8 Å². The Bertz CT molecular complexity index is 261. The zero-order valence-electron chi connectivity index (χ0n) is 6.90. The molecule has 0 heterocycles. The molecule has 0 radical (unpaired) electrons. The van der Waals surface area contributed by atoms with Crippen LogP contribution in [-0.2, 0) is 6.42 Å². The highest BCUT2D eigenvalue weighted by atomic mass is 14.6. The van der Waals surface area contributed by atoms with Gasteiger partial charge in [-0.2, -0.15) is 5.26 Å². The first-order chi connectivity index (χ1) is 5.83. The van der Waals surface area contributed by atoms with Gasteiger partial charge in [-0.25, -0.2) is 0 Å². The minimum absolute atomic E-state index is 0.329. The Hall–Kier alpha value is -1.33. The van der Waals surface area contributed by atoms with Crippen molar-refractivity contribution in [2.24, 2.45) is 5.73 Å². The van der Waals surface area contributed by atoms with E-state index in [4.69, 9.17) is 11.0 Å². The first kappa shape index (κ1) is 8.76. The smallest absolute Gasteiger partial charge is 0.0931 e. The molecular formula is C10H12N2. The number of rotatable bonds is 3. The van der Waals surface area contributed by atoms with Crippen LogP contribution in [0.15, 0.2) is 30.3 Å². The van der Waals surface area contributed by atoms with Crippen molar-refractivity contribution in [1.29, 1.82) is 5.26 Å². The van der Waals surface area contributed by atoms with Gasteiger partial charge >= 0.3 is 0 Å². The van der Waals surface area contributed by atoms with E-state index in [2.05, 4.69) is 0 Å². The number of hydrogen-bond donors (Lipinski definition) is 1. The van der Waals surface area contributed by atoms with Gasteiger partial charge in [-0.3, -0.25) is 0 Å². The molecule has 2 heteroatoms. The van der Waals surface area contributed by atoms with Crippen LogP contribution in [0.4, 0.5) is 0 Å². The molecule has 1 atom stereocenters. The summed E-state index contributed by atoms with van der Waals surface area (Å²) >= 11 is 0. The van der Waals surface area contributed by atoms with E-state index >= 15 is 0 Å². The van der Waals surface area contributed by atoms with Gasteiger partial charge in [0.1, 0.15) is 0 Å². The molecule has 0 aliphatic heterocycles. The lowest BCUT2D eigenvalue weighted by Gasteiger charge is -2.01. The van der Waals surface area contributed by atoms with Crippen molar-refractivity contribution in [2.45, 2.75) is 18.9 Å². The maximum atomic E-state index is 8.44. The monoisotopic (exact) mass is 160 g/mol. The van der Waals surface area contributed by atoms with Gasteiger partial charge in [0.25, 0.3) is 0 Å². The first-order valence-electron chi connectivity index (χ1n) is 4.02. The molecule has 1 aromatic rings. The van der Waals surface area contributed by atoms with Crippen LogP contribution < -0.4 is 5.73 Å². The molecule has 62 valence electrons. The fraction of sp³-hybridized carbons (Fsp3) is 0.300. The van der Waals surface area contributed by atoms with E-state index < -0.39 is 0 Å². The molecule has 0 saturated carbocycles. The van der Waals surface area contributed by atoms with Crippen LogP contribution in [0.1, 0.15) is 12.0 Å². The molecule has 0 aliphatic carbocycles. The molecule has 0 amide bonds. The van der Waals surface area contributed by atoms with Crippen molar-refractivity contribution < 1.29 is 0 Å². The summed E-state index contributed by atoms with van der Waals surface area (Å²) in [7, 11) is 0. The zero-order valence-corrected chi connectivity index (χ0v) is 6.90. The maximum absolute atomic E-state index is 8.44. The van der Waals surface area contributed by atoms with Crippen LogP contribution in [0.5, 0.6) is 0 Å². The van der Waals surface area contributed by atoms with Gasteiger partial charge in [0, 0.05) is 0 Å². The molecule has 0 fully saturated rings. The van der Waals surface area contributed by atoms with E-state index in [1.54, 1.807) is 0 Å². The summed E-state index contributed by atoms with van der Waals surface area (Å²) in [5, 5.41) is 8.44. The molecule has 1 aromatic carbocycles. The normalized spacial score (nSPS) is 12.0. The predicted octanol–water partition coefficient (Wildman–Crippen LogP) is 1.47. The molecule has 0 aliphatic rings. The highest BCUT2D eigenvalue weighted by molar-refractivity contribution is 5.15. The zero-order chi connectivity index (χ0) is 8.81. The summed E-state index contributed by atoms with van der Waals surface area (Å²) in [6, 6.07) is 11.7. The van der Waals surface area contributed by atoms with Crippen molar-refractivity contribution in [3.05, 3.63) is 35.9 Å². The summed E-state index contributed by atoms with van der Waals surface area (Å²) < 4.78 is 0. The van der Waals surface area contributed by atoms with Gasteiger partial charge in [0.2, 0.25) is 0 Å². The number of benzene rings is 1. The van der Waals surface area contributed by atoms with E-state index in [-0.39, 0.29) is 6.04 Å². The second-order valence-corrected chi connectivity index (χ2v) is 2.76. The lowest BCUT2D eigenvalue weighted by atomic mass is 10.1. The number of hydrogen-bond acceptors (Lipinski definition) is 2. The van der Waals surface area contributed by atoms with Crippen LogP contribution in [-0.4, -0.2) is 6.04 Å². The largest absolute Gasteiger partial charge is 0.316 e. The Labute approximate surface area is 72.6 Å². The summed E-state index contributed by atoms with van der Waals surface area (Å²) in [5.41, 5.74) is 6.70. The first-order valence-corrected chi connectivity index (χ1v) is 4.02. The number of aryl methyl sites for hydroxylation is 1. The summed E-state index contributed by atoms with van der Waals surface area (Å²) in [6.45, 7) is 0. The molecule has 12 heavy (non-hydrogen) atoms. The van der Waals surface area contributed by atoms with Crippen LogP contribution in [0.25, 0.3) is 0 Å². The third kappa shape index (κ3) is 2.73. The predicted molar refractivity (Wildman–Crippen MR) is 48.4 cm³/mol. The lowest BCUT2D eigenvalue weighted by molar-refractivity contribution is 0.731. The highest BCUT2D eigenvalue weighted by Gasteiger charge is 1.99. The lowest BCUT2D eigenvalue weighted by Crippen LogP contribution is -2.17. The number of nitrogens with two attached hydrogens (primary N) is 1. The van der Waals surface area contributed by atoms with Crippen LogP contribution in [0.2, 0.25) is 0 Å². The molecule has 1 rings (SSSR count). The van der Waals surface area contributed by atoms with Crippen molar-refractivity contribution in [1.82, 2.24) is 0 Å². The number of nitrogens with zero attached hydrogens (tertiary/aromatic N) is 1. The molecule has 0 spiro atoms. The van der Waals surface area contributed by atoms with E-state index in [1.165, 1.54) is 5.56 Å². The topological polar surface area (TPSA) is 49.8 Å². The fourth-order valence-electron chi connectivity index (χ4n) is 1.03. The van der Waals surface area contributed by atoms with Crippen molar-refractivity contribution in [3.63, 3.8) is 0 Å². The van der Waals surface area contributed by atoms with Crippen molar-refractivity contribution >= 4 is 0 Å². The molecular weight excluding hydrogens is 148 g/mol. The molecule has 0 aromatic heterocycles. The van der Waals surface area contributed by atoms with Crippen LogP contribution >= 0.6 is 0 Å². The van der Waals surface area contributed by atoms with E-state index in [1.807, 2.05) is 36.4 Å². The molecule has 0 saturated heterocycles. The Morgan fingerprint density at radius 3 is 2.58 bits per heavy atom. The van der Waals surface area contributed by atoms with E-state index in [9.17, 15) is 0 Å². The molecule has 0 bridgehead atoms. The van der Waals surface area contributed by atoms with Gasteiger partial charge in [-0.1, -0.05) is 30.3 Å². The Morgan fingerprint density at radius 2 is 2.00 bits per heavy atom. The van der Waals surface area contributed by atoms with Crippen LogP contribution in [0.3, 0.4) is 0 Å². The summed E-state index contributed by atoms with van der Waals surface area (Å²) in [4.78, 5) is 0.